The predicted molar refractivity (Wildman–Crippen MR) is 104 cm³/mol. The van der Waals surface area contributed by atoms with Crippen LogP contribution in [0.1, 0.15) is 19.8 Å². The summed E-state index contributed by atoms with van der Waals surface area (Å²) in [7, 11) is -6.12. The molecular weight excluding hydrogens is 392 g/mol. The van der Waals surface area contributed by atoms with Gasteiger partial charge in [0.2, 0.25) is 0 Å². The molecule has 0 radical (unpaired) electrons. The van der Waals surface area contributed by atoms with Crippen LogP contribution in [-0.2, 0) is 24.4 Å². The number of carbonyl (C=O) groups is 1. The molecule has 1 amide bonds. The molecule has 2 unspecified atom stereocenters. The van der Waals surface area contributed by atoms with Gasteiger partial charge in [-0.05, 0) is 44.0 Å². The van der Waals surface area contributed by atoms with Gasteiger partial charge < -0.3 is 10.1 Å². The summed E-state index contributed by atoms with van der Waals surface area (Å²) in [6.45, 7) is 1.90. The molecule has 0 aromatic heterocycles. The molecule has 2 fully saturated rings. The van der Waals surface area contributed by atoms with Crippen molar-refractivity contribution in [3.63, 3.8) is 0 Å². The third-order valence-corrected chi connectivity index (χ3v) is 8.31. The Balaban J connectivity index is 1.76. The summed E-state index contributed by atoms with van der Waals surface area (Å²) in [6.07, 6.45) is 0.377. The fourth-order valence-corrected chi connectivity index (χ4v) is 6.87. The van der Waals surface area contributed by atoms with E-state index in [9.17, 15) is 21.6 Å². The molecule has 0 spiro atoms. The SMILES string of the molecule is CCOC(=O)N(c1ccc(NC2CCS(=O)(=O)C2)cc1)C1CCS(=O)(=O)C1. The Morgan fingerprint density at radius 1 is 1.07 bits per heavy atom. The van der Waals surface area contributed by atoms with Crippen molar-refractivity contribution >= 4 is 37.1 Å². The highest BCUT2D eigenvalue weighted by atomic mass is 32.2. The summed E-state index contributed by atoms with van der Waals surface area (Å²) in [5, 5.41) is 3.19. The summed E-state index contributed by atoms with van der Waals surface area (Å²) >= 11 is 0. The Hall–Kier alpha value is -1.81. The van der Waals surface area contributed by atoms with E-state index in [1.165, 1.54) is 4.90 Å². The first-order chi connectivity index (χ1) is 12.7. The molecule has 27 heavy (non-hydrogen) atoms. The maximum atomic E-state index is 12.4. The molecule has 2 heterocycles. The van der Waals surface area contributed by atoms with Crippen molar-refractivity contribution in [3.8, 4) is 0 Å². The summed E-state index contributed by atoms with van der Waals surface area (Å²) < 4.78 is 51.9. The lowest BCUT2D eigenvalue weighted by atomic mass is 10.1. The minimum absolute atomic E-state index is 0.0589. The molecular formula is C17H24N2O6S2. The van der Waals surface area contributed by atoms with Gasteiger partial charge in [-0.2, -0.15) is 0 Å². The van der Waals surface area contributed by atoms with E-state index in [1.807, 2.05) is 0 Å². The van der Waals surface area contributed by atoms with E-state index in [-0.39, 0.29) is 35.7 Å². The fraction of sp³-hybridized carbons (Fsp3) is 0.588. The highest BCUT2D eigenvalue weighted by molar-refractivity contribution is 7.91. The van der Waals surface area contributed by atoms with E-state index in [0.717, 1.165) is 5.69 Å². The van der Waals surface area contributed by atoms with Crippen LogP contribution in [-0.4, -0.2) is 64.6 Å². The van der Waals surface area contributed by atoms with Crippen LogP contribution in [0.3, 0.4) is 0 Å². The molecule has 2 saturated heterocycles. The van der Waals surface area contributed by atoms with E-state index >= 15 is 0 Å². The molecule has 10 heteroatoms. The minimum Gasteiger partial charge on any atom is -0.449 e. The van der Waals surface area contributed by atoms with E-state index in [4.69, 9.17) is 4.74 Å². The summed E-state index contributed by atoms with van der Waals surface area (Å²) in [4.78, 5) is 13.8. The average molecular weight is 417 g/mol. The van der Waals surface area contributed by atoms with Gasteiger partial charge in [0, 0.05) is 17.4 Å². The number of hydrogen-bond donors (Lipinski definition) is 1. The lowest BCUT2D eigenvalue weighted by Gasteiger charge is -2.27. The van der Waals surface area contributed by atoms with E-state index in [2.05, 4.69) is 5.32 Å². The van der Waals surface area contributed by atoms with Crippen LogP contribution < -0.4 is 10.2 Å². The minimum atomic E-state index is -3.15. The molecule has 1 aromatic carbocycles. The molecule has 2 aliphatic heterocycles. The molecule has 0 bridgehead atoms. The second-order valence-corrected chi connectivity index (χ2v) is 11.4. The topological polar surface area (TPSA) is 110 Å². The lowest BCUT2D eigenvalue weighted by Crippen LogP contribution is -2.41. The van der Waals surface area contributed by atoms with Gasteiger partial charge in [0.15, 0.2) is 19.7 Å². The average Bonchev–Trinajstić information content (AvgIpc) is 3.11. The zero-order chi connectivity index (χ0) is 19.7. The van der Waals surface area contributed by atoms with Crippen LogP contribution in [0.5, 0.6) is 0 Å². The zero-order valence-electron chi connectivity index (χ0n) is 15.1. The van der Waals surface area contributed by atoms with Crippen molar-refractivity contribution in [2.24, 2.45) is 0 Å². The molecule has 0 aliphatic carbocycles. The van der Waals surface area contributed by atoms with Gasteiger partial charge in [-0.15, -0.1) is 0 Å². The van der Waals surface area contributed by atoms with Crippen LogP contribution in [0, 0.1) is 0 Å². The Bertz CT molecular complexity index is 896. The molecule has 1 N–H and O–H groups in total. The monoisotopic (exact) mass is 416 g/mol. The Kier molecular flexibility index (Phi) is 5.66. The molecule has 8 nitrogen and oxygen atoms in total. The number of nitrogens with zero attached hydrogens (tertiary/aromatic N) is 1. The first-order valence-electron chi connectivity index (χ1n) is 8.92. The summed E-state index contributed by atoms with van der Waals surface area (Å²) in [5.41, 5.74) is 1.31. The lowest BCUT2D eigenvalue weighted by molar-refractivity contribution is 0.157. The van der Waals surface area contributed by atoms with E-state index in [1.54, 1.807) is 31.2 Å². The van der Waals surface area contributed by atoms with Gasteiger partial charge in [-0.1, -0.05) is 0 Å². The van der Waals surface area contributed by atoms with Gasteiger partial charge in [-0.25, -0.2) is 21.6 Å². The number of benzene rings is 1. The number of anilines is 2. The van der Waals surface area contributed by atoms with Gasteiger partial charge in [-0.3, -0.25) is 4.90 Å². The molecule has 2 aliphatic rings. The highest BCUT2D eigenvalue weighted by Gasteiger charge is 2.36. The maximum absolute atomic E-state index is 12.4. The number of ether oxygens (including phenoxy) is 1. The van der Waals surface area contributed by atoms with Crippen LogP contribution >= 0.6 is 0 Å². The number of sulfone groups is 2. The van der Waals surface area contributed by atoms with Crippen molar-refractivity contribution in [2.75, 3.05) is 39.8 Å². The van der Waals surface area contributed by atoms with Crippen molar-refractivity contribution in [2.45, 2.75) is 31.8 Å². The summed E-state index contributed by atoms with van der Waals surface area (Å²) in [6, 6.07) is 6.38. The number of carbonyl (C=O) groups excluding carboxylic acids is 1. The maximum Gasteiger partial charge on any atom is 0.414 e. The van der Waals surface area contributed by atoms with E-state index in [0.29, 0.717) is 18.5 Å². The van der Waals surface area contributed by atoms with Crippen LogP contribution in [0.4, 0.5) is 16.2 Å². The zero-order valence-corrected chi connectivity index (χ0v) is 16.8. The van der Waals surface area contributed by atoms with Crippen LogP contribution in [0.15, 0.2) is 24.3 Å². The number of nitrogens with one attached hydrogen (secondary N) is 1. The van der Waals surface area contributed by atoms with E-state index < -0.39 is 31.8 Å². The van der Waals surface area contributed by atoms with Gasteiger partial charge in [0.25, 0.3) is 0 Å². The van der Waals surface area contributed by atoms with Crippen molar-refractivity contribution in [3.05, 3.63) is 24.3 Å². The smallest absolute Gasteiger partial charge is 0.414 e. The largest absolute Gasteiger partial charge is 0.449 e. The standard InChI is InChI=1S/C17H24N2O6S2/c1-2-25-17(20)19(16-8-10-27(23,24)12-16)15-5-3-13(4-6-15)18-14-7-9-26(21,22)11-14/h3-6,14,16,18H,2,7-12H2,1H3. The van der Waals surface area contributed by atoms with Gasteiger partial charge >= 0.3 is 6.09 Å². The second kappa shape index (κ2) is 7.67. The molecule has 2 atom stereocenters. The Labute approximate surface area is 159 Å². The predicted octanol–water partition coefficient (Wildman–Crippen LogP) is 1.44. The van der Waals surface area contributed by atoms with Crippen molar-refractivity contribution < 1.29 is 26.4 Å². The van der Waals surface area contributed by atoms with Crippen molar-refractivity contribution in [1.29, 1.82) is 0 Å². The van der Waals surface area contributed by atoms with Crippen molar-refractivity contribution in [1.82, 2.24) is 0 Å². The Morgan fingerprint density at radius 3 is 2.22 bits per heavy atom. The molecule has 1 aromatic rings. The Morgan fingerprint density at radius 2 is 1.70 bits per heavy atom. The molecule has 150 valence electrons. The van der Waals surface area contributed by atoms with Crippen LogP contribution in [0.25, 0.3) is 0 Å². The van der Waals surface area contributed by atoms with Gasteiger partial charge in [0.1, 0.15) is 0 Å². The number of rotatable bonds is 5. The third-order valence-electron chi connectivity index (χ3n) is 4.79. The highest BCUT2D eigenvalue weighted by Crippen LogP contribution is 2.27. The van der Waals surface area contributed by atoms with Gasteiger partial charge in [0.05, 0.1) is 35.7 Å². The summed E-state index contributed by atoms with van der Waals surface area (Å²) in [5.74, 6) is 0.286. The number of amides is 1. The second-order valence-electron chi connectivity index (χ2n) is 6.92. The number of hydrogen-bond acceptors (Lipinski definition) is 7. The van der Waals surface area contributed by atoms with Crippen LogP contribution in [0.2, 0.25) is 0 Å². The normalized spacial score (nSPS) is 25.8. The molecule has 0 saturated carbocycles. The molecule has 3 rings (SSSR count). The fourth-order valence-electron chi connectivity index (χ4n) is 3.50. The third kappa shape index (κ3) is 4.92. The first kappa shape index (κ1) is 19.9. The first-order valence-corrected chi connectivity index (χ1v) is 12.6. The quantitative estimate of drug-likeness (QED) is 0.773.